The molecule has 1 fully saturated rings. The number of hydrogen-bond donors (Lipinski definition) is 1. The van der Waals surface area contributed by atoms with E-state index in [1.165, 1.54) is 23.0 Å². The zero-order valence-corrected chi connectivity index (χ0v) is 19.1. The summed E-state index contributed by atoms with van der Waals surface area (Å²) < 4.78 is 16.0. The average Bonchev–Trinajstić information content (AvgIpc) is 2.82. The summed E-state index contributed by atoms with van der Waals surface area (Å²) >= 11 is 0. The molecule has 0 amide bonds. The molecule has 5 rings (SSSR count). The standard InChI is InChI=1S/C25H25FN6O2/c1-15-4-3-5-19(26)22(15)31-10-6-17(7-11-31)18-12-20-23(30-16(2)13-29-20)32(25(18)34)14-21-24(33)28-9-8-27-21/h3-5,8-9,12-13,17H,6-7,10-11,14H2,1-2H3,(H,28,33). The fraction of sp³-hybridized carbons (Fsp3) is 0.320. The number of anilines is 1. The fourth-order valence-corrected chi connectivity index (χ4v) is 4.76. The Hall–Kier alpha value is -3.88. The third-order valence-electron chi connectivity index (χ3n) is 6.47. The predicted octanol–water partition coefficient (Wildman–Crippen LogP) is 3.06. The van der Waals surface area contributed by atoms with E-state index in [0.717, 1.165) is 5.56 Å². The lowest BCUT2D eigenvalue weighted by atomic mass is 9.89. The SMILES string of the molecule is Cc1cnc2cc(C3CCN(c4c(C)cccc4F)CC3)c(=O)n(Cc3ncc[nH]c3=O)c2n1. The van der Waals surface area contributed by atoms with Gasteiger partial charge in [0.05, 0.1) is 17.9 Å². The second kappa shape index (κ2) is 8.81. The Bertz CT molecular complexity index is 1470. The Balaban J connectivity index is 1.52. The van der Waals surface area contributed by atoms with Crippen molar-refractivity contribution < 1.29 is 4.39 Å². The van der Waals surface area contributed by atoms with Crippen molar-refractivity contribution in [2.24, 2.45) is 0 Å². The molecule has 0 saturated carbocycles. The van der Waals surface area contributed by atoms with Gasteiger partial charge in [-0.15, -0.1) is 0 Å². The molecule has 34 heavy (non-hydrogen) atoms. The van der Waals surface area contributed by atoms with Crippen LogP contribution in [0.25, 0.3) is 11.2 Å². The van der Waals surface area contributed by atoms with Crippen LogP contribution in [0.1, 0.15) is 41.3 Å². The number of para-hydroxylation sites is 1. The van der Waals surface area contributed by atoms with Crippen LogP contribution in [0.2, 0.25) is 0 Å². The number of fused-ring (bicyclic) bond motifs is 1. The van der Waals surface area contributed by atoms with Crippen molar-refractivity contribution in [3.63, 3.8) is 0 Å². The maximum absolute atomic E-state index is 14.5. The number of rotatable bonds is 4. The Morgan fingerprint density at radius 2 is 1.94 bits per heavy atom. The van der Waals surface area contributed by atoms with Crippen LogP contribution in [0.3, 0.4) is 0 Å². The molecule has 0 atom stereocenters. The number of piperidine rings is 1. The number of H-pyrrole nitrogens is 1. The highest BCUT2D eigenvalue weighted by molar-refractivity contribution is 5.71. The highest BCUT2D eigenvalue weighted by Crippen LogP contribution is 2.32. The van der Waals surface area contributed by atoms with E-state index in [-0.39, 0.29) is 35.1 Å². The maximum atomic E-state index is 14.5. The van der Waals surface area contributed by atoms with Gasteiger partial charge in [0, 0.05) is 37.2 Å². The molecule has 0 aliphatic carbocycles. The molecule has 1 aliphatic heterocycles. The van der Waals surface area contributed by atoms with E-state index >= 15 is 0 Å². The Labute approximate surface area is 195 Å². The molecule has 0 unspecified atom stereocenters. The normalized spacial score (nSPS) is 14.6. The number of hydrogen-bond acceptors (Lipinski definition) is 6. The van der Waals surface area contributed by atoms with Gasteiger partial charge in [0.15, 0.2) is 5.65 Å². The van der Waals surface area contributed by atoms with Crippen molar-refractivity contribution >= 4 is 16.9 Å². The van der Waals surface area contributed by atoms with Crippen molar-refractivity contribution in [3.05, 3.63) is 91.9 Å². The number of nitrogens with zero attached hydrogens (tertiary/aromatic N) is 5. The van der Waals surface area contributed by atoms with Gasteiger partial charge in [-0.05, 0) is 50.3 Å². The van der Waals surface area contributed by atoms with E-state index in [2.05, 4.69) is 24.8 Å². The van der Waals surface area contributed by atoms with Gasteiger partial charge in [0.1, 0.15) is 17.0 Å². The Morgan fingerprint density at radius 1 is 1.15 bits per heavy atom. The predicted molar refractivity (Wildman–Crippen MR) is 128 cm³/mol. The van der Waals surface area contributed by atoms with Crippen molar-refractivity contribution in [2.75, 3.05) is 18.0 Å². The first-order chi connectivity index (χ1) is 16.4. The second-order valence-electron chi connectivity index (χ2n) is 8.74. The number of aromatic amines is 1. The molecule has 9 heteroatoms. The van der Waals surface area contributed by atoms with E-state index in [1.807, 2.05) is 26.0 Å². The molecule has 1 N–H and O–H groups in total. The number of pyridine rings is 1. The zero-order valence-electron chi connectivity index (χ0n) is 19.1. The lowest BCUT2D eigenvalue weighted by molar-refractivity contribution is 0.491. The largest absolute Gasteiger partial charge is 0.369 e. The summed E-state index contributed by atoms with van der Waals surface area (Å²) in [6.45, 7) is 5.01. The summed E-state index contributed by atoms with van der Waals surface area (Å²) in [5.74, 6) is -0.227. The van der Waals surface area contributed by atoms with Crippen molar-refractivity contribution in [3.8, 4) is 0 Å². The highest BCUT2D eigenvalue weighted by Gasteiger charge is 2.27. The van der Waals surface area contributed by atoms with Crippen LogP contribution in [0.15, 0.2) is 52.4 Å². The summed E-state index contributed by atoms with van der Waals surface area (Å²) in [4.78, 5) is 43.7. The summed E-state index contributed by atoms with van der Waals surface area (Å²) in [5, 5.41) is 0. The van der Waals surface area contributed by atoms with Crippen molar-refractivity contribution in [2.45, 2.75) is 39.2 Å². The average molecular weight is 461 g/mol. The molecule has 4 heterocycles. The van der Waals surface area contributed by atoms with Gasteiger partial charge in [0.2, 0.25) is 0 Å². The summed E-state index contributed by atoms with van der Waals surface area (Å²) in [5.41, 5.74) is 3.57. The van der Waals surface area contributed by atoms with Crippen LogP contribution in [-0.4, -0.2) is 37.6 Å². The van der Waals surface area contributed by atoms with Crippen LogP contribution in [0, 0.1) is 19.7 Å². The number of halogens is 1. The van der Waals surface area contributed by atoms with Gasteiger partial charge in [-0.1, -0.05) is 12.1 Å². The number of aromatic nitrogens is 5. The minimum atomic E-state index is -0.345. The molecular weight excluding hydrogens is 435 g/mol. The summed E-state index contributed by atoms with van der Waals surface area (Å²) in [7, 11) is 0. The number of aryl methyl sites for hydroxylation is 2. The zero-order chi connectivity index (χ0) is 23.8. The van der Waals surface area contributed by atoms with E-state index in [9.17, 15) is 14.0 Å². The monoisotopic (exact) mass is 460 g/mol. The van der Waals surface area contributed by atoms with E-state index in [1.54, 1.807) is 12.3 Å². The van der Waals surface area contributed by atoms with E-state index < -0.39 is 0 Å². The molecule has 1 saturated heterocycles. The third kappa shape index (κ3) is 3.98. The first-order valence-corrected chi connectivity index (χ1v) is 11.3. The topological polar surface area (TPSA) is 96.8 Å². The quantitative estimate of drug-likeness (QED) is 0.503. The molecule has 1 aromatic carbocycles. The molecule has 0 bridgehead atoms. The van der Waals surface area contributed by atoms with Crippen molar-refractivity contribution in [1.29, 1.82) is 0 Å². The van der Waals surface area contributed by atoms with Gasteiger partial charge in [-0.25, -0.2) is 9.37 Å². The molecule has 0 radical (unpaired) electrons. The highest BCUT2D eigenvalue weighted by atomic mass is 19.1. The molecule has 0 spiro atoms. The molecule has 1 aliphatic rings. The number of nitrogens with one attached hydrogen (secondary N) is 1. The minimum absolute atomic E-state index is 0.00315. The van der Waals surface area contributed by atoms with Gasteiger partial charge in [-0.2, -0.15) is 0 Å². The molecule has 8 nitrogen and oxygen atoms in total. The lowest BCUT2D eigenvalue weighted by Gasteiger charge is -2.34. The number of benzene rings is 1. The molecule has 174 valence electrons. The smallest absolute Gasteiger partial charge is 0.271 e. The Kier molecular flexibility index (Phi) is 5.69. The summed E-state index contributed by atoms with van der Waals surface area (Å²) in [6, 6.07) is 6.93. The first-order valence-electron chi connectivity index (χ1n) is 11.3. The van der Waals surface area contributed by atoms with Crippen LogP contribution in [0.5, 0.6) is 0 Å². The van der Waals surface area contributed by atoms with Crippen LogP contribution >= 0.6 is 0 Å². The van der Waals surface area contributed by atoms with E-state index in [0.29, 0.717) is 54.0 Å². The van der Waals surface area contributed by atoms with Gasteiger partial charge < -0.3 is 9.88 Å². The molecule has 3 aromatic heterocycles. The van der Waals surface area contributed by atoms with Crippen LogP contribution < -0.4 is 16.0 Å². The minimum Gasteiger partial charge on any atom is -0.369 e. The van der Waals surface area contributed by atoms with Gasteiger partial charge in [-0.3, -0.25) is 24.1 Å². The van der Waals surface area contributed by atoms with Crippen molar-refractivity contribution in [1.82, 2.24) is 24.5 Å². The second-order valence-corrected chi connectivity index (χ2v) is 8.74. The van der Waals surface area contributed by atoms with E-state index in [4.69, 9.17) is 0 Å². The lowest BCUT2D eigenvalue weighted by Crippen LogP contribution is -2.37. The molecular formula is C25H25FN6O2. The van der Waals surface area contributed by atoms with Crippen LogP contribution in [-0.2, 0) is 6.54 Å². The molecule has 4 aromatic rings. The van der Waals surface area contributed by atoms with Gasteiger partial charge >= 0.3 is 0 Å². The maximum Gasteiger partial charge on any atom is 0.271 e. The van der Waals surface area contributed by atoms with Crippen LogP contribution in [0.4, 0.5) is 10.1 Å². The summed E-state index contributed by atoms with van der Waals surface area (Å²) in [6.07, 6.45) is 6.03. The van der Waals surface area contributed by atoms with Gasteiger partial charge in [0.25, 0.3) is 11.1 Å². The third-order valence-corrected chi connectivity index (χ3v) is 6.47. The Morgan fingerprint density at radius 3 is 2.68 bits per heavy atom. The first kappa shape index (κ1) is 21.9. The fourth-order valence-electron chi connectivity index (χ4n) is 4.76.